The lowest BCUT2D eigenvalue weighted by molar-refractivity contribution is 0.566. The minimum atomic E-state index is -3.62. The van der Waals surface area contributed by atoms with Gasteiger partial charge >= 0.3 is 0 Å². The summed E-state index contributed by atoms with van der Waals surface area (Å²) in [6.45, 7) is 0. The van der Waals surface area contributed by atoms with E-state index in [-0.39, 0.29) is 21.4 Å². The fourth-order valence-corrected chi connectivity index (χ4v) is 3.22. The van der Waals surface area contributed by atoms with Crippen LogP contribution in [0.4, 0.5) is 11.4 Å². The molecule has 0 bridgehead atoms. The summed E-state index contributed by atoms with van der Waals surface area (Å²) in [5, 5.41) is 2.70. The van der Waals surface area contributed by atoms with Gasteiger partial charge in [0.05, 0.1) is 15.5 Å². The topological polar surface area (TPSA) is 107 Å². The fourth-order valence-electron chi connectivity index (χ4n) is 1.67. The summed E-state index contributed by atoms with van der Waals surface area (Å²) >= 11 is -1.97. The summed E-state index contributed by atoms with van der Waals surface area (Å²) in [4.78, 5) is 0.242. The van der Waals surface area contributed by atoms with Gasteiger partial charge in [-0.15, -0.1) is 0 Å². The van der Waals surface area contributed by atoms with Crippen LogP contribution in [0.15, 0.2) is 58.3 Å². The van der Waals surface area contributed by atoms with E-state index in [0.717, 1.165) is 0 Å². The molecule has 1 atom stereocenters. The quantitative estimate of drug-likeness (QED) is 0.818. The van der Waals surface area contributed by atoms with Crippen LogP contribution >= 0.6 is 0 Å². The van der Waals surface area contributed by atoms with Crippen LogP contribution in [-0.2, 0) is 20.9 Å². The van der Waals surface area contributed by atoms with Crippen LogP contribution in [0, 0.1) is 0 Å². The highest BCUT2D eigenvalue weighted by atomic mass is 32.2. The zero-order chi connectivity index (χ0) is 15.5. The van der Waals surface area contributed by atoms with Crippen molar-refractivity contribution < 1.29 is 17.2 Å². The van der Waals surface area contributed by atoms with Crippen LogP contribution in [0.5, 0.6) is 0 Å². The zero-order valence-electron chi connectivity index (χ0n) is 10.8. The van der Waals surface area contributed by atoms with Crippen LogP contribution in [0.2, 0.25) is 0 Å². The molecule has 0 aliphatic heterocycles. The maximum atomic E-state index is 12.4. The molecule has 8 heteroatoms. The number of nitrogens with one attached hydrogen (secondary N) is 2. The highest BCUT2D eigenvalue weighted by molar-refractivity contribution is 7.91. The molecule has 0 saturated heterocycles. The Kier molecular flexibility index (Phi) is 4.61. The largest absolute Gasteiger partial charge is 0.372 e. The lowest BCUT2D eigenvalue weighted by Crippen LogP contribution is -2.07. The monoisotopic (exact) mass is 325 g/mol. The Bertz CT molecular complexity index is 741. The average molecular weight is 325 g/mol. The van der Waals surface area contributed by atoms with Crippen molar-refractivity contribution in [2.45, 2.75) is 9.79 Å². The summed E-state index contributed by atoms with van der Waals surface area (Å²) in [6.07, 6.45) is 0. The van der Waals surface area contributed by atoms with Crippen molar-refractivity contribution in [1.29, 1.82) is 0 Å². The Labute approximate surface area is 125 Å². The number of hydrogen-bond acceptors (Lipinski definition) is 4. The third kappa shape index (κ3) is 3.81. The highest BCUT2D eigenvalue weighted by Crippen LogP contribution is 2.23. The van der Waals surface area contributed by atoms with Gasteiger partial charge < -0.3 is 15.6 Å². The number of rotatable bonds is 5. The molecule has 21 heavy (non-hydrogen) atoms. The number of hydrogen-bond donors (Lipinski definition) is 2. The molecule has 0 saturated carbocycles. The first-order chi connectivity index (χ1) is 9.89. The van der Waals surface area contributed by atoms with E-state index in [9.17, 15) is 12.6 Å². The molecule has 2 aromatic rings. The molecule has 1 unspecified atom stereocenters. The van der Waals surface area contributed by atoms with Gasteiger partial charge in [0.1, 0.15) is 5.88 Å². The third-order valence-electron chi connectivity index (χ3n) is 2.73. The van der Waals surface area contributed by atoms with Crippen molar-refractivity contribution in [2.75, 3.05) is 11.2 Å². The Morgan fingerprint density at radius 1 is 1.00 bits per heavy atom. The van der Waals surface area contributed by atoms with Gasteiger partial charge in [-0.1, -0.05) is 0 Å². The molecule has 0 heterocycles. The predicted octanol–water partition coefficient (Wildman–Crippen LogP) is 2.02. The second-order valence-corrected chi connectivity index (χ2v) is 7.08. The standard InChI is InChI=1S/C13H13N2O4S2/c14-10-1-5-12(6-2-10)21(18,19)13-7-3-11(4-8-13)15-9-20(16)17/h1-8,14-15H,9H2,(H,16,17). The minimum Gasteiger partial charge on any atom is -0.372 e. The first-order valence-electron chi connectivity index (χ1n) is 5.88. The van der Waals surface area contributed by atoms with E-state index in [0.29, 0.717) is 5.69 Å². The highest BCUT2D eigenvalue weighted by Gasteiger charge is 2.17. The van der Waals surface area contributed by atoms with E-state index in [1.807, 2.05) is 0 Å². The summed E-state index contributed by atoms with van der Waals surface area (Å²) in [7, 11) is -3.62. The van der Waals surface area contributed by atoms with Gasteiger partial charge in [0, 0.05) is 5.69 Å². The molecule has 1 radical (unpaired) electrons. The summed E-state index contributed by atoms with van der Waals surface area (Å²) in [5.41, 5.74) is 8.16. The molecule has 0 amide bonds. The van der Waals surface area contributed by atoms with E-state index in [2.05, 4.69) is 5.32 Å². The fraction of sp³-hybridized carbons (Fsp3) is 0.0769. The van der Waals surface area contributed by atoms with E-state index >= 15 is 0 Å². The van der Waals surface area contributed by atoms with Crippen LogP contribution in [0.1, 0.15) is 0 Å². The van der Waals surface area contributed by atoms with Gasteiger partial charge in [0.2, 0.25) is 9.84 Å². The van der Waals surface area contributed by atoms with Crippen molar-refractivity contribution in [3.8, 4) is 0 Å². The van der Waals surface area contributed by atoms with E-state index in [1.54, 1.807) is 0 Å². The lowest BCUT2D eigenvalue weighted by Gasteiger charge is -2.07. The Hall–Kier alpha value is -1.90. The number of sulfone groups is 1. The second kappa shape index (κ2) is 6.25. The van der Waals surface area contributed by atoms with Crippen molar-refractivity contribution in [3.05, 3.63) is 48.5 Å². The number of benzene rings is 2. The maximum Gasteiger partial charge on any atom is 0.206 e. The molecule has 0 fully saturated rings. The number of anilines is 1. The van der Waals surface area contributed by atoms with E-state index in [1.165, 1.54) is 48.5 Å². The second-order valence-electron chi connectivity index (χ2n) is 4.19. The van der Waals surface area contributed by atoms with E-state index in [4.69, 9.17) is 10.3 Å². The summed E-state index contributed by atoms with van der Waals surface area (Å²) in [6, 6.07) is 11.5. The molecule has 111 valence electrons. The Balaban J connectivity index is 2.24. The Morgan fingerprint density at radius 3 is 1.95 bits per heavy atom. The molecule has 0 aliphatic rings. The van der Waals surface area contributed by atoms with Crippen LogP contribution in [0.25, 0.3) is 0 Å². The van der Waals surface area contributed by atoms with Crippen molar-refractivity contribution in [3.63, 3.8) is 0 Å². The van der Waals surface area contributed by atoms with E-state index < -0.39 is 20.9 Å². The van der Waals surface area contributed by atoms with Crippen molar-refractivity contribution in [1.82, 2.24) is 5.73 Å². The smallest absolute Gasteiger partial charge is 0.206 e. The maximum absolute atomic E-state index is 12.4. The molecule has 2 rings (SSSR count). The molecular weight excluding hydrogens is 312 g/mol. The van der Waals surface area contributed by atoms with Gasteiger partial charge in [-0.25, -0.2) is 12.6 Å². The first kappa shape index (κ1) is 15.5. The minimum absolute atomic E-state index is 0.121. The van der Waals surface area contributed by atoms with Crippen LogP contribution < -0.4 is 11.1 Å². The molecule has 0 aromatic heterocycles. The first-order valence-corrected chi connectivity index (χ1v) is 8.63. The van der Waals surface area contributed by atoms with Gasteiger partial charge in [-0.05, 0) is 48.5 Å². The Morgan fingerprint density at radius 2 is 1.48 bits per heavy atom. The van der Waals surface area contributed by atoms with Crippen molar-refractivity contribution >= 4 is 32.3 Å². The average Bonchev–Trinajstić information content (AvgIpc) is 2.46. The molecule has 0 spiro atoms. The molecule has 3 N–H and O–H groups in total. The van der Waals surface area contributed by atoms with Gasteiger partial charge in [0.15, 0.2) is 11.1 Å². The van der Waals surface area contributed by atoms with Crippen molar-refractivity contribution in [2.24, 2.45) is 0 Å². The molecular formula is C13H13N2O4S2. The molecule has 0 aliphatic carbocycles. The molecule has 2 aromatic carbocycles. The summed E-state index contributed by atoms with van der Waals surface area (Å²) in [5.74, 6) is -0.128. The van der Waals surface area contributed by atoms with Crippen LogP contribution in [0.3, 0.4) is 0 Å². The SMILES string of the molecule is [NH]c1ccc(S(=O)(=O)c2ccc(NCS(=O)O)cc2)cc1. The predicted molar refractivity (Wildman–Crippen MR) is 80.4 cm³/mol. The third-order valence-corrected chi connectivity index (χ3v) is 4.91. The van der Waals surface area contributed by atoms with Gasteiger partial charge in [-0.3, -0.25) is 0 Å². The lowest BCUT2D eigenvalue weighted by atomic mass is 10.3. The summed E-state index contributed by atoms with van der Waals surface area (Å²) < 4.78 is 43.9. The molecule has 6 nitrogen and oxygen atoms in total. The zero-order valence-corrected chi connectivity index (χ0v) is 12.4. The normalized spacial score (nSPS) is 12.8. The van der Waals surface area contributed by atoms with Crippen LogP contribution in [-0.4, -0.2) is 23.1 Å². The van der Waals surface area contributed by atoms with Gasteiger partial charge in [0.25, 0.3) is 0 Å². The van der Waals surface area contributed by atoms with Gasteiger partial charge in [-0.2, -0.15) is 0 Å².